The Labute approximate surface area is 132 Å². The summed E-state index contributed by atoms with van der Waals surface area (Å²) in [6, 6.07) is 19.2. The first-order chi connectivity index (χ1) is 10.2. The maximum atomic E-state index is 6.47. The fourth-order valence-electron chi connectivity index (χ4n) is 3.56. The first kappa shape index (κ1) is 14.6. The average Bonchev–Trinajstić information content (AvgIpc) is 2.48. The van der Waals surface area contributed by atoms with E-state index in [1.54, 1.807) is 0 Å². The van der Waals surface area contributed by atoms with Crippen LogP contribution in [0.4, 0.5) is 0 Å². The number of benzene rings is 2. The van der Waals surface area contributed by atoms with Gasteiger partial charge in [0, 0.05) is 17.0 Å². The highest BCUT2D eigenvalue weighted by atomic mass is 35.5. The lowest BCUT2D eigenvalue weighted by Gasteiger charge is -2.49. The zero-order valence-corrected chi connectivity index (χ0v) is 13.2. The van der Waals surface area contributed by atoms with Crippen LogP contribution in [0.15, 0.2) is 54.6 Å². The molecule has 0 saturated heterocycles. The number of hydrogen-bond donors (Lipinski definition) is 1. The second-order valence-electron chi connectivity index (χ2n) is 6.06. The molecule has 1 saturated carbocycles. The summed E-state index contributed by atoms with van der Waals surface area (Å²) in [7, 11) is 0. The van der Waals surface area contributed by atoms with Gasteiger partial charge < -0.3 is 5.32 Å². The molecule has 0 amide bonds. The van der Waals surface area contributed by atoms with Crippen molar-refractivity contribution in [3.63, 3.8) is 0 Å². The molecule has 1 fully saturated rings. The summed E-state index contributed by atoms with van der Waals surface area (Å²) in [6.07, 6.45) is 2.35. The van der Waals surface area contributed by atoms with Crippen molar-refractivity contribution in [2.75, 3.05) is 13.1 Å². The smallest absolute Gasteiger partial charge is 0.0444 e. The van der Waals surface area contributed by atoms with Gasteiger partial charge in [-0.1, -0.05) is 67.1 Å². The Morgan fingerprint density at radius 3 is 2.38 bits per heavy atom. The van der Waals surface area contributed by atoms with E-state index in [1.807, 2.05) is 12.1 Å². The monoisotopic (exact) mass is 299 g/mol. The van der Waals surface area contributed by atoms with Gasteiger partial charge in [-0.3, -0.25) is 0 Å². The molecule has 0 unspecified atom stereocenters. The van der Waals surface area contributed by atoms with Crippen molar-refractivity contribution >= 4 is 11.6 Å². The van der Waals surface area contributed by atoms with Crippen molar-refractivity contribution in [1.82, 2.24) is 5.32 Å². The molecule has 2 aromatic carbocycles. The van der Waals surface area contributed by atoms with E-state index in [0.717, 1.165) is 18.1 Å². The van der Waals surface area contributed by atoms with Crippen molar-refractivity contribution in [2.45, 2.75) is 31.1 Å². The Bertz CT molecular complexity index is 588. The average molecular weight is 300 g/mol. The van der Waals surface area contributed by atoms with Crippen LogP contribution in [-0.4, -0.2) is 13.1 Å². The fraction of sp³-hybridized carbons (Fsp3) is 0.368. The number of hydrogen-bond acceptors (Lipinski definition) is 1. The lowest BCUT2D eigenvalue weighted by atomic mass is 9.57. The van der Waals surface area contributed by atoms with Crippen LogP contribution in [0.2, 0.25) is 5.02 Å². The third kappa shape index (κ3) is 2.86. The molecule has 0 heterocycles. The van der Waals surface area contributed by atoms with Crippen LogP contribution in [0.3, 0.4) is 0 Å². The molecule has 2 heteroatoms. The molecule has 1 N–H and O–H groups in total. The number of likely N-dealkylation sites (N-methyl/N-ethyl adjacent to an activating group) is 1. The molecule has 1 aliphatic rings. The predicted molar refractivity (Wildman–Crippen MR) is 90.1 cm³/mol. The standard InChI is InChI=1S/C19H22ClN/c1-2-21-14-19(17-10-6-7-11-18(17)20)12-16(13-19)15-8-4-3-5-9-15/h3-11,16,21H,2,12-14H2,1H3. The third-order valence-electron chi connectivity index (χ3n) is 4.70. The minimum atomic E-state index is 0.189. The van der Waals surface area contributed by atoms with Crippen molar-refractivity contribution in [1.29, 1.82) is 0 Å². The maximum absolute atomic E-state index is 6.47. The van der Waals surface area contributed by atoms with Crippen LogP contribution in [0.25, 0.3) is 0 Å². The van der Waals surface area contributed by atoms with Gasteiger partial charge in [-0.2, -0.15) is 0 Å². The molecule has 0 atom stereocenters. The maximum Gasteiger partial charge on any atom is 0.0444 e. The topological polar surface area (TPSA) is 12.0 Å². The lowest BCUT2D eigenvalue weighted by molar-refractivity contribution is 0.195. The van der Waals surface area contributed by atoms with Crippen molar-refractivity contribution in [3.05, 3.63) is 70.7 Å². The van der Waals surface area contributed by atoms with Gasteiger partial charge in [0.2, 0.25) is 0 Å². The molecule has 0 spiro atoms. The van der Waals surface area contributed by atoms with Gasteiger partial charge >= 0.3 is 0 Å². The minimum absolute atomic E-state index is 0.189. The number of rotatable bonds is 5. The Hall–Kier alpha value is -1.31. The van der Waals surface area contributed by atoms with Gasteiger partial charge in [0.25, 0.3) is 0 Å². The van der Waals surface area contributed by atoms with Gasteiger partial charge in [0.05, 0.1) is 0 Å². The highest BCUT2D eigenvalue weighted by Crippen LogP contribution is 2.53. The second-order valence-corrected chi connectivity index (χ2v) is 6.46. The molecule has 0 radical (unpaired) electrons. The first-order valence-corrected chi connectivity index (χ1v) is 8.14. The molecular weight excluding hydrogens is 278 g/mol. The van der Waals surface area contributed by atoms with Crippen LogP contribution in [0.1, 0.15) is 36.8 Å². The third-order valence-corrected chi connectivity index (χ3v) is 5.03. The lowest BCUT2D eigenvalue weighted by Crippen LogP contribution is -2.47. The molecule has 110 valence electrons. The molecule has 1 nitrogen and oxygen atoms in total. The minimum Gasteiger partial charge on any atom is -0.316 e. The predicted octanol–water partition coefficient (Wildman–Crippen LogP) is 4.76. The van der Waals surface area contributed by atoms with Crippen LogP contribution < -0.4 is 5.32 Å². The Morgan fingerprint density at radius 1 is 1.05 bits per heavy atom. The van der Waals surface area contributed by atoms with Crippen molar-refractivity contribution in [3.8, 4) is 0 Å². The summed E-state index contributed by atoms with van der Waals surface area (Å²) in [5.74, 6) is 0.654. The Balaban J connectivity index is 1.83. The van der Waals surface area contributed by atoms with E-state index in [0.29, 0.717) is 5.92 Å². The van der Waals surface area contributed by atoms with Crippen LogP contribution >= 0.6 is 11.6 Å². The highest BCUT2D eigenvalue weighted by molar-refractivity contribution is 6.31. The molecule has 0 aromatic heterocycles. The number of halogens is 1. The van der Waals surface area contributed by atoms with E-state index in [-0.39, 0.29) is 5.41 Å². The summed E-state index contributed by atoms with van der Waals surface area (Å²) < 4.78 is 0. The van der Waals surface area contributed by atoms with Crippen LogP contribution in [-0.2, 0) is 5.41 Å². The van der Waals surface area contributed by atoms with Gasteiger partial charge in [-0.15, -0.1) is 0 Å². The summed E-state index contributed by atoms with van der Waals surface area (Å²) in [5, 5.41) is 4.43. The summed E-state index contributed by atoms with van der Waals surface area (Å²) in [6.45, 7) is 4.17. The fourth-order valence-corrected chi connectivity index (χ4v) is 3.90. The first-order valence-electron chi connectivity index (χ1n) is 7.76. The molecular formula is C19H22ClN. The highest BCUT2D eigenvalue weighted by Gasteiger charge is 2.46. The van der Waals surface area contributed by atoms with Gasteiger partial charge in [0.15, 0.2) is 0 Å². The summed E-state index contributed by atoms with van der Waals surface area (Å²) in [5.41, 5.74) is 2.95. The van der Waals surface area contributed by atoms with E-state index in [2.05, 4.69) is 54.7 Å². The quantitative estimate of drug-likeness (QED) is 0.839. The van der Waals surface area contributed by atoms with Gasteiger partial charge in [-0.25, -0.2) is 0 Å². The zero-order chi connectivity index (χ0) is 14.7. The molecule has 0 bridgehead atoms. The van der Waals surface area contributed by atoms with Crippen LogP contribution in [0.5, 0.6) is 0 Å². The Kier molecular flexibility index (Phi) is 4.32. The van der Waals surface area contributed by atoms with E-state index < -0.39 is 0 Å². The van der Waals surface area contributed by atoms with Gasteiger partial charge in [0.1, 0.15) is 0 Å². The van der Waals surface area contributed by atoms with Crippen molar-refractivity contribution in [2.24, 2.45) is 0 Å². The zero-order valence-electron chi connectivity index (χ0n) is 12.5. The molecule has 1 aliphatic carbocycles. The van der Waals surface area contributed by atoms with E-state index in [9.17, 15) is 0 Å². The van der Waals surface area contributed by atoms with E-state index in [4.69, 9.17) is 11.6 Å². The SMILES string of the molecule is CCNCC1(c2ccccc2Cl)CC(c2ccccc2)C1. The Morgan fingerprint density at radius 2 is 1.71 bits per heavy atom. The molecule has 21 heavy (non-hydrogen) atoms. The molecule has 0 aliphatic heterocycles. The van der Waals surface area contributed by atoms with E-state index >= 15 is 0 Å². The van der Waals surface area contributed by atoms with Crippen LogP contribution in [0, 0.1) is 0 Å². The summed E-state index contributed by atoms with van der Waals surface area (Å²) in [4.78, 5) is 0. The molecule has 2 aromatic rings. The van der Waals surface area contributed by atoms with Crippen molar-refractivity contribution < 1.29 is 0 Å². The second kappa shape index (κ2) is 6.21. The summed E-state index contributed by atoms with van der Waals surface area (Å²) >= 11 is 6.47. The normalized spacial score (nSPS) is 24.6. The molecule has 3 rings (SSSR count). The largest absolute Gasteiger partial charge is 0.316 e. The van der Waals surface area contributed by atoms with E-state index in [1.165, 1.54) is 24.0 Å². The number of nitrogens with one attached hydrogen (secondary N) is 1. The van der Waals surface area contributed by atoms with Gasteiger partial charge in [-0.05, 0) is 42.5 Å².